The van der Waals surface area contributed by atoms with E-state index < -0.39 is 17.8 Å². The molecule has 2 aromatic rings. The number of carbonyl (C=O) groups is 1. The molecular weight excluding hydrogens is 405 g/mol. The van der Waals surface area contributed by atoms with Gasteiger partial charge in [0.25, 0.3) is 0 Å². The van der Waals surface area contributed by atoms with Gasteiger partial charge in [0.2, 0.25) is 0 Å². The third-order valence-corrected chi connectivity index (χ3v) is 5.55. The number of aromatic nitrogens is 1. The van der Waals surface area contributed by atoms with Crippen molar-refractivity contribution < 1.29 is 18.0 Å². The summed E-state index contributed by atoms with van der Waals surface area (Å²) in [5.74, 6) is 0. The van der Waals surface area contributed by atoms with E-state index in [4.69, 9.17) is 0 Å². The van der Waals surface area contributed by atoms with Crippen LogP contribution in [0.3, 0.4) is 0 Å². The Morgan fingerprint density at radius 1 is 1.00 bits per heavy atom. The molecule has 8 heteroatoms. The Morgan fingerprint density at radius 3 is 2.32 bits per heavy atom. The van der Waals surface area contributed by atoms with Crippen molar-refractivity contribution in [1.82, 2.24) is 15.5 Å². The smallest absolute Gasteiger partial charge is 0.305 e. The number of pyridine rings is 1. The molecule has 0 bridgehead atoms. The maximum absolute atomic E-state index is 12.9. The summed E-state index contributed by atoms with van der Waals surface area (Å²) in [6, 6.07) is 11.4. The number of carbonyl (C=O) groups excluding carboxylic acids is 1. The highest BCUT2D eigenvalue weighted by Gasteiger charge is 2.35. The average molecular weight is 428 g/mol. The first kappa shape index (κ1) is 21.1. The fourth-order valence-corrected chi connectivity index (χ4v) is 3.87. The highest BCUT2D eigenvalue weighted by molar-refractivity contribution is 5.66. The van der Waals surface area contributed by atoms with Crippen molar-refractivity contribution in [1.29, 1.82) is 0 Å². The Bertz CT molecular complexity index is 971. The summed E-state index contributed by atoms with van der Waals surface area (Å²) in [4.78, 5) is 15.8. The second-order valence-corrected chi connectivity index (χ2v) is 7.59. The molecule has 2 heterocycles. The van der Waals surface area contributed by atoms with Gasteiger partial charge in [0.15, 0.2) is 0 Å². The predicted molar refractivity (Wildman–Crippen MR) is 113 cm³/mol. The molecule has 0 saturated carbocycles. The van der Waals surface area contributed by atoms with Gasteiger partial charge in [0, 0.05) is 30.2 Å². The molecule has 1 aromatic carbocycles. The van der Waals surface area contributed by atoms with E-state index in [1.54, 1.807) is 17.5 Å². The molecule has 1 atom stereocenters. The fourth-order valence-electron chi connectivity index (χ4n) is 3.87. The highest BCUT2D eigenvalue weighted by atomic mass is 19.4. The molecule has 0 spiro atoms. The van der Waals surface area contributed by atoms with Gasteiger partial charge in [-0.25, -0.2) is 0 Å². The number of benzene rings is 1. The number of hydrogen-bond acceptors (Lipinski definition) is 5. The number of halogens is 3. The van der Waals surface area contributed by atoms with Crippen molar-refractivity contribution in [2.24, 2.45) is 0 Å². The summed E-state index contributed by atoms with van der Waals surface area (Å²) < 4.78 is 38.7. The lowest BCUT2D eigenvalue weighted by molar-refractivity contribution is -0.114. The molecule has 1 aromatic heterocycles. The molecule has 31 heavy (non-hydrogen) atoms. The van der Waals surface area contributed by atoms with Crippen LogP contribution in [-0.4, -0.2) is 35.2 Å². The number of alkyl halides is 3. The zero-order valence-electron chi connectivity index (χ0n) is 16.8. The third kappa shape index (κ3) is 4.80. The second kappa shape index (κ2) is 8.93. The van der Waals surface area contributed by atoms with Crippen LogP contribution in [0.5, 0.6) is 0 Å². The zero-order chi connectivity index (χ0) is 21.8. The van der Waals surface area contributed by atoms with E-state index in [2.05, 4.69) is 10.4 Å². The summed E-state index contributed by atoms with van der Waals surface area (Å²) in [5.41, 5.74) is 6.32. The van der Waals surface area contributed by atoms with Gasteiger partial charge in [-0.1, -0.05) is 18.2 Å². The lowest BCUT2D eigenvalue weighted by Gasteiger charge is -2.44. The number of hydrazine groups is 2. The molecule has 1 aliphatic carbocycles. The number of aldehydes is 1. The normalized spacial score (nSPS) is 20.1. The maximum atomic E-state index is 12.9. The quantitative estimate of drug-likeness (QED) is 0.693. The lowest BCUT2D eigenvalue weighted by Crippen LogP contribution is -2.59. The van der Waals surface area contributed by atoms with Crippen LogP contribution in [0.4, 0.5) is 18.9 Å². The van der Waals surface area contributed by atoms with E-state index in [0.717, 1.165) is 35.6 Å². The van der Waals surface area contributed by atoms with Crippen LogP contribution in [0.1, 0.15) is 25.7 Å². The van der Waals surface area contributed by atoms with E-state index in [0.29, 0.717) is 18.7 Å². The van der Waals surface area contributed by atoms with Gasteiger partial charge in [-0.2, -0.15) is 13.2 Å². The van der Waals surface area contributed by atoms with Crippen LogP contribution in [0.25, 0.3) is 11.1 Å². The van der Waals surface area contributed by atoms with Gasteiger partial charge in [-0.05, 0) is 67.2 Å². The lowest BCUT2D eigenvalue weighted by atomic mass is 10.0. The topological polar surface area (TPSA) is 48.5 Å². The van der Waals surface area contributed by atoms with Crippen molar-refractivity contribution in [2.45, 2.75) is 37.9 Å². The SMILES string of the molecule is O=CC1CCCN(c2ccc(-c3ccncc3)cc2)N1NC1=CC=C(C(F)(F)F)CC1. The molecule has 1 N–H and O–H groups in total. The van der Waals surface area contributed by atoms with Gasteiger partial charge >= 0.3 is 6.18 Å². The minimum atomic E-state index is -4.30. The molecule has 4 rings (SSSR count). The van der Waals surface area contributed by atoms with E-state index in [1.807, 2.05) is 41.4 Å². The standard InChI is InChI=1S/C23H23F3N4O/c24-23(25,26)19-5-7-20(8-6-19)28-30-22(16-31)2-1-15-29(30)21-9-3-17(4-10-21)18-11-13-27-14-12-18/h3-5,7,9-14,16,22,28H,1-2,6,8,15H2. The first-order valence-corrected chi connectivity index (χ1v) is 10.2. The van der Waals surface area contributed by atoms with Crippen LogP contribution >= 0.6 is 0 Å². The minimum Gasteiger partial charge on any atom is -0.305 e. The molecular formula is C23H23F3N4O. The highest BCUT2D eigenvalue weighted by Crippen LogP contribution is 2.33. The molecule has 2 aliphatic rings. The molecule has 1 unspecified atom stereocenters. The fraction of sp³-hybridized carbons (Fsp3) is 0.304. The Kier molecular flexibility index (Phi) is 6.08. The van der Waals surface area contributed by atoms with E-state index in [1.165, 1.54) is 6.08 Å². The van der Waals surface area contributed by atoms with Crippen LogP contribution in [0, 0.1) is 0 Å². The summed E-state index contributed by atoms with van der Waals surface area (Å²) in [6.07, 6.45) is 4.29. The average Bonchev–Trinajstić information content (AvgIpc) is 2.80. The first-order valence-electron chi connectivity index (χ1n) is 10.2. The van der Waals surface area contributed by atoms with Crippen LogP contribution in [-0.2, 0) is 4.79 Å². The Labute approximate surface area is 178 Å². The zero-order valence-corrected chi connectivity index (χ0v) is 16.8. The largest absolute Gasteiger partial charge is 0.412 e. The van der Waals surface area contributed by atoms with E-state index in [9.17, 15) is 18.0 Å². The van der Waals surface area contributed by atoms with Crippen LogP contribution < -0.4 is 10.4 Å². The van der Waals surface area contributed by atoms with Gasteiger partial charge in [-0.15, -0.1) is 5.12 Å². The van der Waals surface area contributed by atoms with Crippen molar-refractivity contribution >= 4 is 12.0 Å². The Morgan fingerprint density at radius 2 is 1.71 bits per heavy atom. The van der Waals surface area contributed by atoms with Gasteiger partial charge in [0.1, 0.15) is 12.3 Å². The Hall–Kier alpha value is -3.13. The van der Waals surface area contributed by atoms with Gasteiger partial charge in [-0.3, -0.25) is 9.99 Å². The predicted octanol–water partition coefficient (Wildman–Crippen LogP) is 4.80. The molecule has 1 saturated heterocycles. The summed E-state index contributed by atoms with van der Waals surface area (Å²) in [6.45, 7) is 0.697. The van der Waals surface area contributed by atoms with Crippen molar-refractivity contribution in [2.75, 3.05) is 11.6 Å². The van der Waals surface area contributed by atoms with Gasteiger partial charge in [0.05, 0.1) is 5.69 Å². The summed E-state index contributed by atoms with van der Waals surface area (Å²) in [5, 5.41) is 3.72. The van der Waals surface area contributed by atoms with E-state index in [-0.39, 0.29) is 12.8 Å². The number of hydrogen-bond donors (Lipinski definition) is 1. The van der Waals surface area contributed by atoms with Crippen molar-refractivity contribution in [3.63, 3.8) is 0 Å². The minimum absolute atomic E-state index is 0.0808. The molecule has 0 amide bonds. The van der Waals surface area contributed by atoms with Crippen molar-refractivity contribution in [3.8, 4) is 11.1 Å². The molecule has 162 valence electrons. The van der Waals surface area contributed by atoms with Crippen LogP contribution in [0.2, 0.25) is 0 Å². The molecule has 1 fully saturated rings. The molecule has 1 aliphatic heterocycles. The molecule has 5 nitrogen and oxygen atoms in total. The van der Waals surface area contributed by atoms with Crippen molar-refractivity contribution in [3.05, 3.63) is 72.2 Å². The summed E-state index contributed by atoms with van der Waals surface area (Å²) >= 11 is 0. The number of anilines is 1. The first-order chi connectivity index (χ1) is 15.0. The van der Waals surface area contributed by atoms with Gasteiger partial charge < -0.3 is 10.2 Å². The second-order valence-electron chi connectivity index (χ2n) is 7.59. The summed E-state index contributed by atoms with van der Waals surface area (Å²) in [7, 11) is 0. The van der Waals surface area contributed by atoms with E-state index >= 15 is 0 Å². The third-order valence-electron chi connectivity index (χ3n) is 5.55. The Balaban J connectivity index is 1.55. The van der Waals surface area contributed by atoms with Crippen LogP contribution in [0.15, 0.2) is 72.2 Å². The molecule has 0 radical (unpaired) electrons. The monoisotopic (exact) mass is 428 g/mol. The number of rotatable bonds is 5. The number of allylic oxidation sites excluding steroid dienone is 4. The number of nitrogens with one attached hydrogen (secondary N) is 1. The number of nitrogens with zero attached hydrogens (tertiary/aromatic N) is 3. The maximum Gasteiger partial charge on any atom is 0.412 e.